The van der Waals surface area contributed by atoms with Crippen LogP contribution in [0.1, 0.15) is 18.4 Å². The Labute approximate surface area is 153 Å². The molecule has 152 valence electrons. The van der Waals surface area contributed by atoms with E-state index in [0.29, 0.717) is 5.56 Å². The fraction of sp³-hybridized carbons (Fsp3) is 0.588. The lowest BCUT2D eigenvalue weighted by Gasteiger charge is -2.18. The molecule has 1 aromatic rings. The van der Waals surface area contributed by atoms with Crippen LogP contribution in [0.4, 0.5) is 22.0 Å². The first-order chi connectivity index (χ1) is 12.7. The molecule has 0 spiro atoms. The molecule has 1 fully saturated rings. The number of alkyl halides is 4. The second-order valence-corrected chi connectivity index (χ2v) is 6.13. The molecule has 0 unspecified atom stereocenters. The normalized spacial score (nSPS) is 17.2. The van der Waals surface area contributed by atoms with Gasteiger partial charge in [0.25, 0.3) is 0 Å². The number of rotatable bonds is 9. The third kappa shape index (κ3) is 5.69. The number of methoxy groups -OCH3 is 1. The summed E-state index contributed by atoms with van der Waals surface area (Å²) in [4.78, 5) is 11.9. The Hall–Kier alpha value is -2.10. The van der Waals surface area contributed by atoms with Crippen LogP contribution in [0.15, 0.2) is 12.1 Å². The molecule has 27 heavy (non-hydrogen) atoms. The number of carbonyl (C=O) groups is 1. The number of hydrogen-bond donors (Lipinski definition) is 2. The van der Waals surface area contributed by atoms with Crippen LogP contribution in [0.25, 0.3) is 0 Å². The van der Waals surface area contributed by atoms with Crippen LogP contribution in [0.2, 0.25) is 0 Å². The highest BCUT2D eigenvalue weighted by Gasteiger charge is 2.42. The fourth-order valence-corrected chi connectivity index (χ4v) is 2.66. The Balaban J connectivity index is 1.97. The van der Waals surface area contributed by atoms with Crippen molar-refractivity contribution in [3.63, 3.8) is 0 Å². The number of ether oxygens (including phenoxy) is 2. The van der Waals surface area contributed by atoms with Crippen molar-refractivity contribution in [1.82, 2.24) is 10.6 Å². The molecule has 2 N–H and O–H groups in total. The van der Waals surface area contributed by atoms with E-state index in [4.69, 9.17) is 4.74 Å². The maximum Gasteiger partial charge on any atom is 0.340 e. The standard InChI is InChI=1S/C17H21F5N2O3/c1-26-13-8-14(27-9-17(21,22)16(19)20)11(18)7-10(13)4-6-24-15(25)12-3-2-5-23-12/h7-8,12,16,23H,2-6,9H2,1H3,(H,24,25)/t12-/m0/s1. The topological polar surface area (TPSA) is 59.6 Å². The maximum absolute atomic E-state index is 14.1. The van der Waals surface area contributed by atoms with Crippen molar-refractivity contribution in [2.75, 3.05) is 26.8 Å². The van der Waals surface area contributed by atoms with Crippen LogP contribution in [-0.4, -0.2) is 51.1 Å². The third-order valence-electron chi connectivity index (χ3n) is 4.14. The summed E-state index contributed by atoms with van der Waals surface area (Å²) in [5, 5.41) is 5.77. The molecule has 2 rings (SSSR count). The largest absolute Gasteiger partial charge is 0.496 e. The summed E-state index contributed by atoms with van der Waals surface area (Å²) in [5.41, 5.74) is 0.377. The first-order valence-corrected chi connectivity index (χ1v) is 8.41. The second-order valence-electron chi connectivity index (χ2n) is 6.13. The molecular formula is C17H21F5N2O3. The SMILES string of the molecule is COc1cc(OCC(F)(F)C(F)F)c(F)cc1CCNC(=O)[C@@H]1CCCN1. The molecule has 0 aromatic heterocycles. The van der Waals surface area contributed by atoms with Crippen LogP contribution >= 0.6 is 0 Å². The van der Waals surface area contributed by atoms with Crippen LogP contribution in [0.5, 0.6) is 11.5 Å². The molecule has 0 saturated carbocycles. The summed E-state index contributed by atoms with van der Waals surface area (Å²) >= 11 is 0. The highest BCUT2D eigenvalue weighted by Crippen LogP contribution is 2.30. The van der Waals surface area contributed by atoms with E-state index in [2.05, 4.69) is 15.4 Å². The van der Waals surface area contributed by atoms with E-state index in [-0.39, 0.29) is 30.7 Å². The summed E-state index contributed by atoms with van der Waals surface area (Å²) in [7, 11) is 1.29. The number of carbonyl (C=O) groups excluding carboxylic acids is 1. The van der Waals surface area contributed by atoms with E-state index in [1.807, 2.05) is 0 Å². The number of hydrogen-bond acceptors (Lipinski definition) is 4. The predicted molar refractivity (Wildman–Crippen MR) is 87.1 cm³/mol. The molecule has 1 saturated heterocycles. The molecule has 10 heteroatoms. The zero-order valence-corrected chi connectivity index (χ0v) is 14.7. The van der Waals surface area contributed by atoms with Crippen LogP contribution in [0, 0.1) is 5.82 Å². The van der Waals surface area contributed by atoms with Gasteiger partial charge >= 0.3 is 12.3 Å². The van der Waals surface area contributed by atoms with E-state index in [0.717, 1.165) is 31.5 Å². The summed E-state index contributed by atoms with van der Waals surface area (Å²) in [6, 6.07) is 1.79. The smallest absolute Gasteiger partial charge is 0.340 e. The van der Waals surface area contributed by atoms with Gasteiger partial charge in [0.1, 0.15) is 5.75 Å². The number of halogens is 5. The van der Waals surface area contributed by atoms with Crippen molar-refractivity contribution in [2.45, 2.75) is 37.7 Å². The Kier molecular flexibility index (Phi) is 7.23. The summed E-state index contributed by atoms with van der Waals surface area (Å²) in [5.74, 6) is -6.01. The average molecular weight is 396 g/mol. The van der Waals surface area contributed by atoms with Gasteiger partial charge in [-0.1, -0.05) is 0 Å². The van der Waals surface area contributed by atoms with Crippen molar-refractivity contribution in [3.8, 4) is 11.5 Å². The minimum absolute atomic E-state index is 0.139. The van der Waals surface area contributed by atoms with Crippen molar-refractivity contribution >= 4 is 5.91 Å². The lowest BCUT2D eigenvalue weighted by Crippen LogP contribution is -2.41. The Bertz CT molecular complexity index is 652. The van der Waals surface area contributed by atoms with Crippen molar-refractivity contribution in [1.29, 1.82) is 0 Å². The van der Waals surface area contributed by atoms with E-state index in [1.54, 1.807) is 0 Å². The highest BCUT2D eigenvalue weighted by molar-refractivity contribution is 5.82. The molecule has 0 aliphatic carbocycles. The zero-order chi connectivity index (χ0) is 20.0. The van der Waals surface area contributed by atoms with Gasteiger partial charge in [-0.15, -0.1) is 0 Å². The first-order valence-electron chi connectivity index (χ1n) is 8.41. The molecular weight excluding hydrogens is 375 g/mol. The van der Waals surface area contributed by atoms with Gasteiger partial charge in [-0.25, -0.2) is 13.2 Å². The lowest BCUT2D eigenvalue weighted by molar-refractivity contribution is -0.148. The molecule has 1 aliphatic heterocycles. The summed E-state index contributed by atoms with van der Waals surface area (Å²) < 4.78 is 73.8. The van der Waals surface area contributed by atoms with Crippen LogP contribution in [-0.2, 0) is 11.2 Å². The highest BCUT2D eigenvalue weighted by atomic mass is 19.3. The van der Waals surface area contributed by atoms with E-state index >= 15 is 0 Å². The van der Waals surface area contributed by atoms with Crippen molar-refractivity contribution in [3.05, 3.63) is 23.5 Å². The van der Waals surface area contributed by atoms with Gasteiger partial charge in [-0.05, 0) is 37.4 Å². The number of benzene rings is 1. The van der Waals surface area contributed by atoms with Gasteiger partial charge in [0, 0.05) is 12.6 Å². The molecule has 5 nitrogen and oxygen atoms in total. The van der Waals surface area contributed by atoms with Crippen molar-refractivity contribution in [2.24, 2.45) is 0 Å². The second kappa shape index (κ2) is 9.20. The Morgan fingerprint density at radius 1 is 1.37 bits per heavy atom. The first kappa shape index (κ1) is 21.2. The minimum atomic E-state index is -4.39. The zero-order valence-electron chi connectivity index (χ0n) is 14.7. The molecule has 0 bridgehead atoms. The van der Waals surface area contributed by atoms with Crippen molar-refractivity contribution < 1.29 is 36.2 Å². The van der Waals surface area contributed by atoms with Gasteiger partial charge < -0.3 is 20.1 Å². The average Bonchev–Trinajstić information content (AvgIpc) is 3.15. The van der Waals surface area contributed by atoms with E-state index in [9.17, 15) is 26.7 Å². The van der Waals surface area contributed by atoms with E-state index < -0.39 is 30.5 Å². The molecule has 1 amide bonds. The quantitative estimate of drug-likeness (QED) is 0.630. The lowest BCUT2D eigenvalue weighted by atomic mass is 10.1. The van der Waals surface area contributed by atoms with E-state index in [1.165, 1.54) is 7.11 Å². The number of nitrogens with one attached hydrogen (secondary N) is 2. The van der Waals surface area contributed by atoms with Crippen LogP contribution < -0.4 is 20.1 Å². The maximum atomic E-state index is 14.1. The number of amides is 1. The fourth-order valence-electron chi connectivity index (χ4n) is 2.66. The molecule has 0 radical (unpaired) electrons. The summed E-state index contributed by atoms with van der Waals surface area (Å²) in [6.07, 6.45) is -2.02. The van der Waals surface area contributed by atoms with Gasteiger partial charge in [0.15, 0.2) is 18.2 Å². The Morgan fingerprint density at radius 2 is 2.11 bits per heavy atom. The molecule has 1 atom stereocenters. The third-order valence-corrected chi connectivity index (χ3v) is 4.14. The van der Waals surface area contributed by atoms with Crippen LogP contribution in [0.3, 0.4) is 0 Å². The minimum Gasteiger partial charge on any atom is -0.496 e. The molecule has 1 aliphatic rings. The summed E-state index contributed by atoms with van der Waals surface area (Å²) in [6.45, 7) is -0.659. The Morgan fingerprint density at radius 3 is 2.70 bits per heavy atom. The monoisotopic (exact) mass is 396 g/mol. The van der Waals surface area contributed by atoms with Gasteiger partial charge in [-0.2, -0.15) is 8.78 Å². The molecule has 1 heterocycles. The molecule has 1 aromatic carbocycles. The van der Waals surface area contributed by atoms with Gasteiger partial charge in [0.2, 0.25) is 5.91 Å². The van der Waals surface area contributed by atoms with Gasteiger partial charge in [-0.3, -0.25) is 4.79 Å². The van der Waals surface area contributed by atoms with Gasteiger partial charge in [0.05, 0.1) is 13.2 Å². The predicted octanol–water partition coefficient (Wildman–Crippen LogP) is 2.52.